The van der Waals surface area contributed by atoms with Crippen molar-refractivity contribution in [3.05, 3.63) is 65.7 Å². The molecule has 7 heteroatoms. The molecule has 2 rings (SSSR count). The van der Waals surface area contributed by atoms with Gasteiger partial charge in [-0.1, -0.05) is 68.1 Å². The number of hydrogen-bond acceptors (Lipinski definition) is 5. The zero-order valence-electron chi connectivity index (χ0n) is 19.8. The largest absolute Gasteiger partial charge is 0.372 e. The van der Waals surface area contributed by atoms with E-state index in [0.29, 0.717) is 24.2 Å². The van der Waals surface area contributed by atoms with Crippen LogP contribution in [0.15, 0.2) is 54.6 Å². The third kappa shape index (κ3) is 8.23. The third-order valence-electron chi connectivity index (χ3n) is 5.58. The fourth-order valence-corrected chi connectivity index (χ4v) is 4.47. The fourth-order valence-electron chi connectivity index (χ4n) is 3.35. The van der Waals surface area contributed by atoms with Gasteiger partial charge in [-0.3, -0.25) is 14.4 Å². The lowest BCUT2D eigenvalue weighted by atomic mass is 9.94. The summed E-state index contributed by atoms with van der Waals surface area (Å²) in [5.74, 6) is 0.0486. The SMILES string of the molecule is CCN(CC)c1ccc(CC[C@@H](NC(=O)C(C)(C)CSC(=O)c2ccccc2)C(=O)S)cc1. The van der Waals surface area contributed by atoms with Crippen LogP contribution in [0.5, 0.6) is 0 Å². The van der Waals surface area contributed by atoms with Gasteiger partial charge in [0.2, 0.25) is 16.1 Å². The summed E-state index contributed by atoms with van der Waals surface area (Å²) in [6, 6.07) is 16.6. The molecule has 0 spiro atoms. The summed E-state index contributed by atoms with van der Waals surface area (Å²) in [6.07, 6.45) is 1.11. The molecule has 0 aromatic heterocycles. The maximum absolute atomic E-state index is 12.9. The lowest BCUT2D eigenvalue weighted by Crippen LogP contribution is -2.46. The van der Waals surface area contributed by atoms with E-state index in [1.807, 2.05) is 18.2 Å². The van der Waals surface area contributed by atoms with E-state index in [9.17, 15) is 14.4 Å². The van der Waals surface area contributed by atoms with Crippen molar-refractivity contribution in [2.75, 3.05) is 23.7 Å². The molecule has 1 N–H and O–H groups in total. The third-order valence-corrected chi connectivity index (χ3v) is 7.25. The highest BCUT2D eigenvalue weighted by molar-refractivity contribution is 8.14. The standard InChI is InChI=1S/C26H34N2O3S2/c1-5-28(6-2)21-15-12-19(13-16-21)14-17-22(23(29)32)27-25(31)26(3,4)18-33-24(30)20-10-8-7-9-11-20/h7-13,15-16,22H,5-6,14,17-18H2,1-4H3,(H,27,31)(H,29,32)/t22-/m1/s1. The van der Waals surface area contributed by atoms with Crippen molar-refractivity contribution in [1.82, 2.24) is 5.32 Å². The number of benzene rings is 2. The monoisotopic (exact) mass is 486 g/mol. The number of anilines is 1. The fraction of sp³-hybridized carbons (Fsp3) is 0.423. The molecule has 0 fully saturated rings. The van der Waals surface area contributed by atoms with Crippen molar-refractivity contribution < 1.29 is 14.4 Å². The van der Waals surface area contributed by atoms with Crippen molar-refractivity contribution in [3.8, 4) is 0 Å². The molecule has 2 aromatic carbocycles. The lowest BCUT2D eigenvalue weighted by molar-refractivity contribution is -0.130. The second-order valence-electron chi connectivity index (χ2n) is 8.57. The first-order valence-corrected chi connectivity index (χ1v) is 12.7. The highest BCUT2D eigenvalue weighted by atomic mass is 32.2. The smallest absolute Gasteiger partial charge is 0.227 e. The molecule has 2 aromatic rings. The van der Waals surface area contributed by atoms with E-state index >= 15 is 0 Å². The Morgan fingerprint density at radius 1 is 1.00 bits per heavy atom. The number of carbonyl (C=O) groups excluding carboxylic acids is 3. The first kappa shape index (κ1) is 27.0. The Kier molecular flexibility index (Phi) is 10.5. The van der Waals surface area contributed by atoms with Gasteiger partial charge in [0, 0.05) is 30.1 Å². The number of thiol groups is 1. The predicted molar refractivity (Wildman–Crippen MR) is 141 cm³/mol. The number of aryl methyl sites for hydroxylation is 1. The average molecular weight is 487 g/mol. The minimum absolute atomic E-state index is 0.0774. The second-order valence-corrected chi connectivity index (χ2v) is 9.96. The number of amides is 1. The van der Waals surface area contributed by atoms with Crippen LogP contribution in [0.2, 0.25) is 0 Å². The quantitative estimate of drug-likeness (QED) is 0.413. The summed E-state index contributed by atoms with van der Waals surface area (Å²) in [5, 5.41) is 2.39. The van der Waals surface area contributed by atoms with Gasteiger partial charge < -0.3 is 10.2 Å². The Hall–Kier alpha value is -2.25. The lowest BCUT2D eigenvalue weighted by Gasteiger charge is -2.26. The Bertz CT molecular complexity index is 926. The van der Waals surface area contributed by atoms with Crippen molar-refractivity contribution in [1.29, 1.82) is 0 Å². The number of hydrogen-bond donors (Lipinski definition) is 2. The van der Waals surface area contributed by atoms with Crippen molar-refractivity contribution in [2.24, 2.45) is 5.41 Å². The minimum atomic E-state index is -0.817. The topological polar surface area (TPSA) is 66.5 Å². The first-order valence-electron chi connectivity index (χ1n) is 11.3. The Labute approximate surface area is 207 Å². The molecule has 5 nitrogen and oxygen atoms in total. The van der Waals surface area contributed by atoms with Gasteiger partial charge in [-0.05, 0) is 44.4 Å². The minimum Gasteiger partial charge on any atom is -0.372 e. The van der Waals surface area contributed by atoms with E-state index in [0.717, 1.165) is 30.4 Å². The number of nitrogens with one attached hydrogen (secondary N) is 1. The van der Waals surface area contributed by atoms with Crippen LogP contribution >= 0.6 is 24.4 Å². The number of thioether (sulfide) groups is 1. The van der Waals surface area contributed by atoms with E-state index in [2.05, 4.69) is 61.0 Å². The number of rotatable bonds is 12. The van der Waals surface area contributed by atoms with Gasteiger partial charge >= 0.3 is 0 Å². The van der Waals surface area contributed by atoms with Crippen LogP contribution in [0.1, 0.15) is 50.0 Å². The van der Waals surface area contributed by atoms with E-state index in [1.54, 1.807) is 26.0 Å². The number of carbonyl (C=O) groups is 3. The molecule has 1 atom stereocenters. The molecule has 0 aliphatic carbocycles. The molecule has 178 valence electrons. The molecule has 0 saturated heterocycles. The normalized spacial score (nSPS) is 12.2. The van der Waals surface area contributed by atoms with E-state index in [-0.39, 0.29) is 16.1 Å². The zero-order chi connectivity index (χ0) is 24.4. The van der Waals surface area contributed by atoms with Crippen LogP contribution in [-0.2, 0) is 16.0 Å². The van der Waals surface area contributed by atoms with Crippen LogP contribution < -0.4 is 10.2 Å². The molecule has 0 aliphatic heterocycles. The van der Waals surface area contributed by atoms with Gasteiger partial charge in [0.1, 0.15) is 0 Å². The van der Waals surface area contributed by atoms with Gasteiger partial charge in [-0.15, -0.1) is 12.6 Å². The zero-order valence-corrected chi connectivity index (χ0v) is 21.5. The van der Waals surface area contributed by atoms with Gasteiger partial charge in [-0.2, -0.15) is 0 Å². The molecule has 1 amide bonds. The molecule has 33 heavy (non-hydrogen) atoms. The van der Waals surface area contributed by atoms with Crippen LogP contribution in [0.4, 0.5) is 5.69 Å². The predicted octanol–water partition coefficient (Wildman–Crippen LogP) is 5.01. The maximum Gasteiger partial charge on any atom is 0.227 e. The van der Waals surface area contributed by atoms with Gasteiger partial charge in [-0.25, -0.2) is 0 Å². The summed E-state index contributed by atoms with van der Waals surface area (Å²) >= 11 is 5.10. The highest BCUT2D eigenvalue weighted by Crippen LogP contribution is 2.25. The molecular formula is C26H34N2O3S2. The Balaban J connectivity index is 1.92. The van der Waals surface area contributed by atoms with E-state index in [1.165, 1.54) is 5.69 Å². The van der Waals surface area contributed by atoms with Crippen LogP contribution in [0.25, 0.3) is 0 Å². The Morgan fingerprint density at radius 2 is 1.61 bits per heavy atom. The molecular weight excluding hydrogens is 452 g/mol. The summed E-state index contributed by atoms with van der Waals surface area (Å²) in [7, 11) is 0. The van der Waals surface area contributed by atoms with Crippen LogP contribution in [0.3, 0.4) is 0 Å². The molecule has 0 saturated carbocycles. The first-order chi connectivity index (χ1) is 15.7. The molecule has 0 heterocycles. The maximum atomic E-state index is 12.9. The number of nitrogens with zero attached hydrogens (tertiary/aromatic N) is 1. The summed E-state index contributed by atoms with van der Waals surface area (Å²) in [6.45, 7) is 9.70. The molecule has 0 unspecified atom stereocenters. The van der Waals surface area contributed by atoms with Crippen LogP contribution in [-0.4, -0.2) is 41.0 Å². The Morgan fingerprint density at radius 3 is 2.15 bits per heavy atom. The summed E-state index contributed by atoms with van der Waals surface area (Å²) in [5.41, 5.74) is 2.06. The summed E-state index contributed by atoms with van der Waals surface area (Å²) in [4.78, 5) is 39.6. The van der Waals surface area contributed by atoms with Gasteiger partial charge in [0.05, 0.1) is 11.5 Å². The second kappa shape index (κ2) is 12.8. The van der Waals surface area contributed by atoms with Crippen molar-refractivity contribution in [2.45, 2.75) is 46.6 Å². The van der Waals surface area contributed by atoms with Crippen molar-refractivity contribution >= 4 is 46.2 Å². The van der Waals surface area contributed by atoms with Crippen LogP contribution in [0, 0.1) is 5.41 Å². The highest BCUT2D eigenvalue weighted by Gasteiger charge is 2.31. The van der Waals surface area contributed by atoms with Gasteiger partial charge in [0.15, 0.2) is 0 Å². The van der Waals surface area contributed by atoms with E-state index < -0.39 is 11.5 Å². The average Bonchev–Trinajstić information content (AvgIpc) is 2.82. The van der Waals surface area contributed by atoms with E-state index in [4.69, 9.17) is 0 Å². The summed E-state index contributed by atoms with van der Waals surface area (Å²) < 4.78 is 0. The van der Waals surface area contributed by atoms with Gasteiger partial charge in [0.25, 0.3) is 0 Å². The molecule has 0 bridgehead atoms. The molecule has 0 aliphatic rings. The molecule has 0 radical (unpaired) electrons. The van der Waals surface area contributed by atoms with Crippen molar-refractivity contribution in [3.63, 3.8) is 0 Å².